The average molecular weight is 516 g/mol. The maximum absolute atomic E-state index is 13.2. The molecule has 3 rings (SSSR count). The predicted octanol–water partition coefficient (Wildman–Crippen LogP) is 4.28. The summed E-state index contributed by atoms with van der Waals surface area (Å²) in [6.07, 6.45) is -2.74. The number of halogens is 4. The molecule has 0 aromatic heterocycles. The second-order valence-corrected chi connectivity index (χ2v) is 10.8. The van der Waals surface area contributed by atoms with Gasteiger partial charge in [-0.25, -0.2) is 12.8 Å². The van der Waals surface area contributed by atoms with Crippen LogP contribution in [0.4, 0.5) is 23.2 Å². The van der Waals surface area contributed by atoms with E-state index in [9.17, 15) is 30.8 Å². The molecule has 1 aliphatic heterocycles. The van der Waals surface area contributed by atoms with Crippen LogP contribution in [0.15, 0.2) is 53.4 Å². The van der Waals surface area contributed by atoms with Crippen molar-refractivity contribution in [2.45, 2.75) is 43.8 Å². The van der Waals surface area contributed by atoms with Gasteiger partial charge in [-0.1, -0.05) is 0 Å². The number of hydrogen-bond donors (Lipinski definition) is 1. The number of anilines is 1. The van der Waals surface area contributed by atoms with Crippen molar-refractivity contribution in [2.75, 3.05) is 31.1 Å². The van der Waals surface area contributed by atoms with Crippen LogP contribution in [-0.2, 0) is 21.0 Å². The number of nitrogens with one attached hydrogen (secondary N) is 1. The zero-order valence-corrected chi connectivity index (χ0v) is 20.4. The molecule has 0 saturated carbocycles. The van der Waals surface area contributed by atoms with E-state index in [2.05, 4.69) is 5.32 Å². The summed E-state index contributed by atoms with van der Waals surface area (Å²) < 4.78 is 78.6. The lowest BCUT2D eigenvalue weighted by Gasteiger charge is -2.35. The van der Waals surface area contributed by atoms with Crippen molar-refractivity contribution in [1.29, 1.82) is 0 Å². The zero-order valence-electron chi connectivity index (χ0n) is 19.6. The first kappa shape index (κ1) is 26.9. The van der Waals surface area contributed by atoms with Gasteiger partial charge >= 0.3 is 6.18 Å². The van der Waals surface area contributed by atoms with Gasteiger partial charge < -0.3 is 10.2 Å². The smallest absolute Gasteiger partial charge is 0.371 e. The summed E-state index contributed by atoms with van der Waals surface area (Å²) in [4.78, 5) is 14.5. The van der Waals surface area contributed by atoms with E-state index in [1.54, 1.807) is 13.8 Å². The van der Waals surface area contributed by atoms with Gasteiger partial charge in [-0.05, 0) is 81.1 Å². The fourth-order valence-corrected chi connectivity index (χ4v) is 5.66. The highest BCUT2D eigenvalue weighted by atomic mass is 32.2. The maximum atomic E-state index is 13.2. The molecule has 1 amide bonds. The van der Waals surface area contributed by atoms with Gasteiger partial charge in [-0.3, -0.25) is 4.79 Å². The molecule has 11 heteroatoms. The third-order valence-corrected chi connectivity index (χ3v) is 8.00. The maximum Gasteiger partial charge on any atom is 0.416 e. The van der Waals surface area contributed by atoms with Gasteiger partial charge in [0.1, 0.15) is 5.82 Å². The molecule has 192 valence electrons. The van der Waals surface area contributed by atoms with Crippen molar-refractivity contribution in [3.63, 3.8) is 0 Å². The highest BCUT2D eigenvalue weighted by Gasteiger charge is 2.31. The highest BCUT2D eigenvalue weighted by molar-refractivity contribution is 7.89. The number of hydrogen-bond acceptors (Lipinski definition) is 4. The van der Waals surface area contributed by atoms with E-state index in [0.717, 1.165) is 53.5 Å². The average Bonchev–Trinajstić information content (AvgIpc) is 2.81. The van der Waals surface area contributed by atoms with Crippen LogP contribution >= 0.6 is 0 Å². The van der Waals surface area contributed by atoms with E-state index in [1.165, 1.54) is 12.1 Å². The molecule has 0 radical (unpaired) electrons. The van der Waals surface area contributed by atoms with Gasteiger partial charge in [-0.15, -0.1) is 0 Å². The van der Waals surface area contributed by atoms with Crippen molar-refractivity contribution in [3.8, 4) is 0 Å². The van der Waals surface area contributed by atoms with Gasteiger partial charge in [0.15, 0.2) is 0 Å². The number of rotatable bonds is 8. The van der Waals surface area contributed by atoms with Crippen LogP contribution in [0.25, 0.3) is 0 Å². The van der Waals surface area contributed by atoms with Gasteiger partial charge in [0, 0.05) is 31.4 Å². The number of carbonyl (C=O) groups excluding carboxylic acids is 1. The van der Waals surface area contributed by atoms with E-state index in [4.69, 9.17) is 0 Å². The molecule has 0 bridgehead atoms. The summed E-state index contributed by atoms with van der Waals surface area (Å²) in [5.41, 5.74) is -0.0160. The van der Waals surface area contributed by atoms with Crippen LogP contribution in [0.3, 0.4) is 0 Å². The van der Waals surface area contributed by atoms with E-state index in [1.807, 2.05) is 4.90 Å². The fourth-order valence-electron chi connectivity index (χ4n) is 4.07. The van der Waals surface area contributed by atoms with E-state index in [0.29, 0.717) is 25.3 Å². The van der Waals surface area contributed by atoms with Crippen LogP contribution in [0.1, 0.15) is 32.3 Å². The normalized spacial score (nSPS) is 17.1. The third kappa shape index (κ3) is 6.94. The molecule has 1 saturated heterocycles. The van der Waals surface area contributed by atoms with Gasteiger partial charge in [0.25, 0.3) is 0 Å². The Morgan fingerprint density at radius 3 is 2.31 bits per heavy atom. The first-order valence-corrected chi connectivity index (χ1v) is 12.8. The number of carbonyl (C=O) groups is 1. The minimum Gasteiger partial charge on any atom is -0.371 e. The number of amides is 1. The standard InChI is InChI=1S/C24H29F4N3O3S/c1-17(2)31(35(33,34)22-11-7-20(25)8-12-22)16-23(32)29-14-18-4-3-13-30(15-18)21-9-5-19(6-10-21)24(26,27)28/h5-12,17-18H,3-4,13-16H2,1-2H3,(H,29,32)/t18-/m0/s1. The monoisotopic (exact) mass is 515 g/mol. The number of benzene rings is 2. The number of alkyl halides is 3. The van der Waals surface area contributed by atoms with Gasteiger partial charge in [0.05, 0.1) is 17.0 Å². The Hall–Kier alpha value is -2.66. The topological polar surface area (TPSA) is 69.7 Å². The van der Waals surface area contributed by atoms with Crippen LogP contribution < -0.4 is 10.2 Å². The van der Waals surface area contributed by atoms with Gasteiger partial charge in [0.2, 0.25) is 15.9 Å². The SMILES string of the molecule is CC(C)N(CC(=O)NC[C@@H]1CCCN(c2ccc(C(F)(F)F)cc2)C1)S(=O)(=O)c1ccc(F)cc1. The minimum atomic E-state index is -4.39. The lowest BCUT2D eigenvalue weighted by atomic mass is 9.97. The molecule has 0 aliphatic carbocycles. The Kier molecular flexibility index (Phi) is 8.42. The first-order chi connectivity index (χ1) is 16.4. The van der Waals surface area contributed by atoms with Crippen LogP contribution in [0.2, 0.25) is 0 Å². The second-order valence-electron chi connectivity index (χ2n) is 8.90. The summed E-state index contributed by atoms with van der Waals surface area (Å²) in [5, 5.41) is 2.79. The predicted molar refractivity (Wildman–Crippen MR) is 125 cm³/mol. The molecule has 1 aliphatic rings. The zero-order chi connectivity index (χ0) is 25.8. The molecular formula is C24H29F4N3O3S. The van der Waals surface area contributed by atoms with Gasteiger partial charge in [-0.2, -0.15) is 17.5 Å². The fraction of sp³-hybridized carbons (Fsp3) is 0.458. The molecule has 2 aromatic carbocycles. The summed E-state index contributed by atoms with van der Waals surface area (Å²) in [7, 11) is -4.00. The molecule has 1 atom stereocenters. The van der Waals surface area contributed by atoms with Crippen molar-refractivity contribution in [2.24, 2.45) is 5.92 Å². The quantitative estimate of drug-likeness (QED) is 0.533. The lowest BCUT2D eigenvalue weighted by molar-refractivity contribution is -0.137. The molecule has 2 aromatic rings. The Balaban J connectivity index is 1.58. The van der Waals surface area contributed by atoms with E-state index in [-0.39, 0.29) is 17.4 Å². The number of piperidine rings is 1. The van der Waals surface area contributed by atoms with Crippen LogP contribution in [-0.4, -0.2) is 50.9 Å². The van der Waals surface area contributed by atoms with Crippen LogP contribution in [0, 0.1) is 11.7 Å². The third-order valence-electron chi connectivity index (χ3n) is 5.96. The molecule has 35 heavy (non-hydrogen) atoms. The largest absolute Gasteiger partial charge is 0.416 e. The Morgan fingerprint density at radius 1 is 1.11 bits per heavy atom. The molecule has 0 unspecified atom stereocenters. The summed E-state index contributed by atoms with van der Waals surface area (Å²) in [5.74, 6) is -0.956. The Labute approximate surface area is 203 Å². The Bertz CT molecular complexity index is 1100. The lowest BCUT2D eigenvalue weighted by Crippen LogP contribution is -2.46. The van der Waals surface area contributed by atoms with E-state index < -0.39 is 39.5 Å². The molecule has 1 fully saturated rings. The number of sulfonamides is 1. The van der Waals surface area contributed by atoms with Crippen molar-refractivity contribution in [1.82, 2.24) is 9.62 Å². The molecule has 1 heterocycles. The van der Waals surface area contributed by atoms with Crippen molar-refractivity contribution >= 4 is 21.6 Å². The molecular weight excluding hydrogens is 486 g/mol. The summed E-state index contributed by atoms with van der Waals surface area (Å²) in [6, 6.07) is 8.95. The second kappa shape index (κ2) is 10.9. The first-order valence-electron chi connectivity index (χ1n) is 11.3. The Morgan fingerprint density at radius 2 is 1.74 bits per heavy atom. The molecule has 6 nitrogen and oxygen atoms in total. The van der Waals surface area contributed by atoms with E-state index >= 15 is 0 Å². The molecule has 0 spiro atoms. The summed E-state index contributed by atoms with van der Waals surface area (Å²) in [6.45, 7) is 4.50. The highest BCUT2D eigenvalue weighted by Crippen LogP contribution is 2.31. The summed E-state index contributed by atoms with van der Waals surface area (Å²) >= 11 is 0. The molecule has 1 N–H and O–H groups in total. The van der Waals surface area contributed by atoms with Crippen molar-refractivity contribution in [3.05, 3.63) is 59.9 Å². The van der Waals surface area contributed by atoms with Crippen LogP contribution in [0.5, 0.6) is 0 Å². The number of nitrogens with zero attached hydrogens (tertiary/aromatic N) is 2. The van der Waals surface area contributed by atoms with Crippen molar-refractivity contribution < 1.29 is 30.8 Å². The minimum absolute atomic E-state index is 0.0659.